The minimum absolute atomic E-state index is 0.109. The third-order valence-corrected chi connectivity index (χ3v) is 4.59. The number of pyridine rings is 1. The molecule has 3 heterocycles. The van der Waals surface area contributed by atoms with E-state index in [0.717, 1.165) is 26.1 Å². The molecule has 1 N–H and O–H groups in total. The number of nitrogens with one attached hydrogen (secondary N) is 1. The van der Waals surface area contributed by atoms with Crippen molar-refractivity contribution in [3.8, 4) is 6.07 Å². The smallest absolute Gasteiger partial charge is 0.305 e. The summed E-state index contributed by atoms with van der Waals surface area (Å²) in [6, 6.07) is 5.26. The summed E-state index contributed by atoms with van der Waals surface area (Å²) in [5, 5.41) is 23.4. The maximum Gasteiger partial charge on any atom is 0.305 e. The highest BCUT2D eigenvalue weighted by molar-refractivity contribution is 5.53. The highest BCUT2D eigenvalue weighted by atomic mass is 16.6. The van der Waals surface area contributed by atoms with Crippen LogP contribution in [0.15, 0.2) is 12.1 Å². The predicted molar refractivity (Wildman–Crippen MR) is 76.9 cm³/mol. The Kier molecular flexibility index (Phi) is 3.47. The molecule has 21 heavy (non-hydrogen) atoms. The Morgan fingerprint density at radius 1 is 1.57 bits per heavy atom. The molecule has 2 saturated heterocycles. The van der Waals surface area contributed by atoms with Crippen LogP contribution in [0.3, 0.4) is 0 Å². The van der Waals surface area contributed by atoms with Gasteiger partial charge in [-0.25, -0.2) is 4.98 Å². The van der Waals surface area contributed by atoms with Crippen molar-refractivity contribution in [1.82, 2.24) is 10.3 Å². The summed E-state index contributed by atoms with van der Waals surface area (Å²) in [5.74, 6) is 1.87. The molecular weight excluding hydrogens is 270 g/mol. The van der Waals surface area contributed by atoms with Crippen LogP contribution in [0, 0.1) is 33.3 Å². The van der Waals surface area contributed by atoms with Crippen LogP contribution in [-0.4, -0.2) is 35.6 Å². The van der Waals surface area contributed by atoms with Gasteiger partial charge in [0.25, 0.3) is 0 Å². The van der Waals surface area contributed by atoms with Gasteiger partial charge in [-0.15, -0.1) is 0 Å². The second kappa shape index (κ2) is 5.30. The molecule has 3 rings (SSSR count). The zero-order valence-corrected chi connectivity index (χ0v) is 11.8. The minimum Gasteiger partial charge on any atom is -0.353 e. The Morgan fingerprint density at radius 3 is 3.05 bits per heavy atom. The van der Waals surface area contributed by atoms with E-state index in [1.807, 2.05) is 6.07 Å². The molecule has 3 atom stereocenters. The standard InChI is InChI=1S/C14H17N5O2/c1-2-12-10-7-16-6-9(10)8-18(12)14-4-3-13(19(20)21)11(5-15)17-14/h3-4,9-10,12,16H,2,6-8H2,1H3. The molecule has 0 radical (unpaired) electrons. The van der Waals surface area contributed by atoms with E-state index in [1.165, 1.54) is 6.07 Å². The molecule has 0 amide bonds. The molecule has 7 nitrogen and oxygen atoms in total. The normalized spacial score (nSPS) is 27.4. The van der Waals surface area contributed by atoms with E-state index in [4.69, 9.17) is 5.26 Å². The molecule has 0 spiro atoms. The van der Waals surface area contributed by atoms with Gasteiger partial charge in [-0.3, -0.25) is 10.1 Å². The molecule has 0 aliphatic carbocycles. The van der Waals surface area contributed by atoms with Crippen molar-refractivity contribution in [2.45, 2.75) is 19.4 Å². The summed E-state index contributed by atoms with van der Waals surface area (Å²) in [7, 11) is 0. The van der Waals surface area contributed by atoms with Crippen LogP contribution in [0.1, 0.15) is 19.0 Å². The van der Waals surface area contributed by atoms with Gasteiger partial charge < -0.3 is 10.2 Å². The van der Waals surface area contributed by atoms with Crippen LogP contribution in [0.25, 0.3) is 0 Å². The van der Waals surface area contributed by atoms with Crippen molar-refractivity contribution in [2.75, 3.05) is 24.5 Å². The summed E-state index contributed by atoms with van der Waals surface area (Å²) < 4.78 is 0. The first kappa shape index (κ1) is 13.8. The first-order valence-corrected chi connectivity index (χ1v) is 7.18. The number of fused-ring (bicyclic) bond motifs is 1. The van der Waals surface area contributed by atoms with E-state index in [0.29, 0.717) is 23.7 Å². The average molecular weight is 287 g/mol. The topological polar surface area (TPSA) is 95.1 Å². The number of nitro groups is 1. The van der Waals surface area contributed by atoms with Crippen molar-refractivity contribution < 1.29 is 4.92 Å². The van der Waals surface area contributed by atoms with Gasteiger partial charge in [-0.1, -0.05) is 6.92 Å². The molecule has 1 aromatic rings. The summed E-state index contributed by atoms with van der Waals surface area (Å²) >= 11 is 0. The first-order chi connectivity index (χ1) is 10.2. The molecule has 0 aromatic carbocycles. The van der Waals surface area contributed by atoms with E-state index in [-0.39, 0.29) is 11.4 Å². The maximum absolute atomic E-state index is 10.9. The van der Waals surface area contributed by atoms with Crippen molar-refractivity contribution in [1.29, 1.82) is 5.26 Å². The molecule has 3 unspecified atom stereocenters. The van der Waals surface area contributed by atoms with E-state index in [9.17, 15) is 10.1 Å². The first-order valence-electron chi connectivity index (χ1n) is 7.18. The summed E-state index contributed by atoms with van der Waals surface area (Å²) in [4.78, 5) is 16.8. The third kappa shape index (κ3) is 2.21. The number of nitrogens with zero attached hydrogens (tertiary/aromatic N) is 4. The largest absolute Gasteiger partial charge is 0.353 e. The van der Waals surface area contributed by atoms with Gasteiger partial charge in [0.2, 0.25) is 5.69 Å². The van der Waals surface area contributed by atoms with E-state index >= 15 is 0 Å². The highest BCUT2D eigenvalue weighted by Crippen LogP contribution is 2.37. The van der Waals surface area contributed by atoms with Crippen LogP contribution in [0.4, 0.5) is 11.5 Å². The van der Waals surface area contributed by atoms with Gasteiger partial charge in [0.05, 0.1) is 4.92 Å². The summed E-state index contributed by atoms with van der Waals surface area (Å²) in [6.07, 6.45) is 1.00. The summed E-state index contributed by atoms with van der Waals surface area (Å²) in [6.45, 7) is 5.06. The lowest BCUT2D eigenvalue weighted by atomic mass is 9.93. The van der Waals surface area contributed by atoms with E-state index in [1.54, 1.807) is 6.07 Å². The average Bonchev–Trinajstić information content (AvgIpc) is 3.06. The third-order valence-electron chi connectivity index (χ3n) is 4.59. The van der Waals surface area contributed by atoms with Crippen LogP contribution in [0.5, 0.6) is 0 Å². The lowest BCUT2D eigenvalue weighted by molar-refractivity contribution is -0.385. The summed E-state index contributed by atoms with van der Waals surface area (Å²) in [5.41, 5.74) is -0.335. The Balaban J connectivity index is 1.94. The molecule has 2 fully saturated rings. The van der Waals surface area contributed by atoms with E-state index < -0.39 is 4.92 Å². The van der Waals surface area contributed by atoms with Crippen LogP contribution in [-0.2, 0) is 0 Å². The predicted octanol–water partition coefficient (Wildman–Crippen LogP) is 1.30. The van der Waals surface area contributed by atoms with Gasteiger partial charge in [-0.05, 0) is 24.3 Å². The molecule has 7 heteroatoms. The number of aromatic nitrogens is 1. The maximum atomic E-state index is 10.9. The van der Waals surface area contributed by atoms with Gasteiger partial charge in [0.15, 0.2) is 0 Å². The number of hydrogen-bond donors (Lipinski definition) is 1. The van der Waals surface area contributed by atoms with Gasteiger partial charge >= 0.3 is 5.69 Å². The highest BCUT2D eigenvalue weighted by Gasteiger charge is 2.43. The number of nitriles is 1. The zero-order chi connectivity index (χ0) is 15.0. The van der Waals surface area contributed by atoms with E-state index in [2.05, 4.69) is 22.1 Å². The molecule has 2 aliphatic rings. The molecule has 1 aromatic heterocycles. The molecule has 0 bridgehead atoms. The van der Waals surface area contributed by atoms with Crippen molar-refractivity contribution in [3.05, 3.63) is 27.9 Å². The van der Waals surface area contributed by atoms with Crippen molar-refractivity contribution in [3.63, 3.8) is 0 Å². The lowest BCUT2D eigenvalue weighted by Gasteiger charge is -2.27. The second-order valence-electron chi connectivity index (χ2n) is 5.62. The lowest BCUT2D eigenvalue weighted by Crippen LogP contribution is -2.35. The van der Waals surface area contributed by atoms with Crippen LogP contribution in [0.2, 0.25) is 0 Å². The fourth-order valence-electron chi connectivity index (χ4n) is 3.64. The monoisotopic (exact) mass is 287 g/mol. The van der Waals surface area contributed by atoms with Crippen molar-refractivity contribution >= 4 is 11.5 Å². The fraction of sp³-hybridized carbons (Fsp3) is 0.571. The number of hydrogen-bond acceptors (Lipinski definition) is 6. The Morgan fingerprint density at radius 2 is 2.38 bits per heavy atom. The van der Waals surface area contributed by atoms with Crippen LogP contribution >= 0.6 is 0 Å². The molecule has 0 saturated carbocycles. The fourth-order valence-corrected chi connectivity index (χ4v) is 3.64. The number of anilines is 1. The Bertz CT molecular complexity index is 612. The Labute approximate surface area is 122 Å². The molecular formula is C14H17N5O2. The van der Waals surface area contributed by atoms with Crippen molar-refractivity contribution in [2.24, 2.45) is 11.8 Å². The van der Waals surface area contributed by atoms with Gasteiger partial charge in [-0.2, -0.15) is 5.26 Å². The minimum atomic E-state index is -0.560. The SMILES string of the molecule is CCC1C2CNCC2CN1c1ccc([N+](=O)[O-])c(C#N)n1. The second-order valence-corrected chi connectivity index (χ2v) is 5.62. The van der Waals surface area contributed by atoms with Gasteiger partial charge in [0, 0.05) is 31.7 Å². The molecule has 2 aliphatic heterocycles. The van der Waals surface area contributed by atoms with Gasteiger partial charge in [0.1, 0.15) is 11.9 Å². The number of rotatable bonds is 3. The quantitative estimate of drug-likeness (QED) is 0.665. The molecule has 110 valence electrons. The van der Waals surface area contributed by atoms with Crippen LogP contribution < -0.4 is 10.2 Å². The zero-order valence-electron chi connectivity index (χ0n) is 11.8. The Hall–Kier alpha value is -2.20.